The summed E-state index contributed by atoms with van der Waals surface area (Å²) in [7, 11) is 0. The highest BCUT2D eigenvalue weighted by molar-refractivity contribution is 7.15. The highest BCUT2D eigenvalue weighted by atomic mass is 32.1. The van der Waals surface area contributed by atoms with Gasteiger partial charge < -0.3 is 10.3 Å². The first kappa shape index (κ1) is 12.3. The average Bonchev–Trinajstić information content (AvgIpc) is 2.81. The predicted octanol–water partition coefficient (Wildman–Crippen LogP) is 3.33. The monoisotopic (exact) mass is 249 g/mol. The van der Waals surface area contributed by atoms with E-state index < -0.39 is 0 Å². The second kappa shape index (κ2) is 4.63. The van der Waals surface area contributed by atoms with Gasteiger partial charge in [0, 0.05) is 10.4 Å². The van der Waals surface area contributed by atoms with Crippen LogP contribution in [0.2, 0.25) is 0 Å². The van der Waals surface area contributed by atoms with E-state index in [4.69, 9.17) is 0 Å². The lowest BCUT2D eigenvalue weighted by atomic mass is 10.1. The fraction of sp³-hybridized carbons (Fsp3) is 0.462. The average molecular weight is 249 g/mol. The van der Waals surface area contributed by atoms with E-state index in [1.54, 1.807) is 11.3 Å². The molecule has 0 bridgehead atoms. The van der Waals surface area contributed by atoms with Crippen molar-refractivity contribution in [3.8, 4) is 10.6 Å². The quantitative estimate of drug-likeness (QED) is 0.876. The molecule has 2 aromatic rings. The van der Waals surface area contributed by atoms with Gasteiger partial charge in [0.05, 0.1) is 23.3 Å². The van der Waals surface area contributed by atoms with Crippen LogP contribution in [0, 0.1) is 6.92 Å². The Hall–Kier alpha value is -1.13. The first-order valence-corrected chi connectivity index (χ1v) is 6.61. The zero-order valence-electron chi connectivity index (χ0n) is 10.8. The maximum atomic E-state index is 4.39. The molecule has 0 aliphatic carbocycles. The summed E-state index contributed by atoms with van der Waals surface area (Å²) < 4.78 is 0. The number of nitrogens with zero attached hydrogens (tertiary/aromatic N) is 1. The van der Waals surface area contributed by atoms with Crippen LogP contribution in [0.5, 0.6) is 0 Å². The highest BCUT2D eigenvalue weighted by Crippen LogP contribution is 2.25. The molecule has 0 aliphatic rings. The van der Waals surface area contributed by atoms with Gasteiger partial charge in [-0.1, -0.05) is 0 Å². The third kappa shape index (κ3) is 3.41. The van der Waals surface area contributed by atoms with Crippen molar-refractivity contribution >= 4 is 11.3 Å². The fourth-order valence-electron chi connectivity index (χ4n) is 1.51. The van der Waals surface area contributed by atoms with Crippen LogP contribution in [0.1, 0.15) is 31.5 Å². The Morgan fingerprint density at radius 1 is 1.35 bits per heavy atom. The Labute approximate surface area is 106 Å². The van der Waals surface area contributed by atoms with Gasteiger partial charge in [0.1, 0.15) is 5.82 Å². The molecule has 0 aromatic carbocycles. The van der Waals surface area contributed by atoms with Crippen LogP contribution in [0.3, 0.4) is 0 Å². The van der Waals surface area contributed by atoms with E-state index in [0.717, 1.165) is 18.1 Å². The second-order valence-corrected chi connectivity index (χ2v) is 6.55. The van der Waals surface area contributed by atoms with Crippen molar-refractivity contribution in [2.75, 3.05) is 0 Å². The van der Waals surface area contributed by atoms with Crippen molar-refractivity contribution in [1.82, 2.24) is 15.3 Å². The number of nitrogens with one attached hydrogen (secondary N) is 2. The van der Waals surface area contributed by atoms with Crippen LogP contribution in [0.15, 0.2) is 18.3 Å². The van der Waals surface area contributed by atoms with Crippen molar-refractivity contribution in [3.05, 3.63) is 29.0 Å². The van der Waals surface area contributed by atoms with E-state index in [1.807, 2.05) is 6.20 Å². The zero-order chi connectivity index (χ0) is 12.5. The Morgan fingerprint density at radius 2 is 2.12 bits per heavy atom. The van der Waals surface area contributed by atoms with E-state index >= 15 is 0 Å². The van der Waals surface area contributed by atoms with Gasteiger partial charge in [-0.15, -0.1) is 11.3 Å². The molecule has 0 atom stereocenters. The van der Waals surface area contributed by atoms with E-state index in [-0.39, 0.29) is 5.54 Å². The molecule has 0 fully saturated rings. The van der Waals surface area contributed by atoms with Crippen molar-refractivity contribution < 1.29 is 0 Å². The molecule has 0 aliphatic heterocycles. The highest BCUT2D eigenvalue weighted by Gasteiger charge is 2.10. The third-order valence-corrected chi connectivity index (χ3v) is 3.45. The van der Waals surface area contributed by atoms with Gasteiger partial charge in [0.2, 0.25) is 0 Å². The Bertz CT molecular complexity index is 491. The lowest BCUT2D eigenvalue weighted by molar-refractivity contribution is 0.418. The fourth-order valence-corrected chi connectivity index (χ4v) is 2.34. The SMILES string of the molecule is Cc1ccc(-c2cnc(CNC(C)(C)C)[nH]2)s1. The summed E-state index contributed by atoms with van der Waals surface area (Å²) in [4.78, 5) is 10.3. The molecule has 3 nitrogen and oxygen atoms in total. The molecule has 2 heterocycles. The minimum atomic E-state index is 0.118. The normalized spacial score (nSPS) is 12.0. The van der Waals surface area contributed by atoms with Gasteiger partial charge in [-0.25, -0.2) is 4.98 Å². The molecular formula is C13H19N3S. The Balaban J connectivity index is 2.06. The largest absolute Gasteiger partial charge is 0.340 e. The summed E-state index contributed by atoms with van der Waals surface area (Å²) in [6.07, 6.45) is 1.91. The van der Waals surface area contributed by atoms with Crippen molar-refractivity contribution in [3.63, 3.8) is 0 Å². The summed E-state index contributed by atoms with van der Waals surface area (Å²) >= 11 is 1.79. The van der Waals surface area contributed by atoms with Crippen molar-refractivity contribution in [1.29, 1.82) is 0 Å². The number of rotatable bonds is 3. The molecule has 0 unspecified atom stereocenters. The minimum Gasteiger partial charge on any atom is -0.340 e. The maximum absolute atomic E-state index is 4.39. The number of hydrogen-bond donors (Lipinski definition) is 2. The zero-order valence-corrected chi connectivity index (χ0v) is 11.6. The summed E-state index contributed by atoms with van der Waals surface area (Å²) in [5.74, 6) is 0.987. The molecule has 0 amide bonds. The van der Waals surface area contributed by atoms with Gasteiger partial charge in [-0.2, -0.15) is 0 Å². The lowest BCUT2D eigenvalue weighted by Gasteiger charge is -2.19. The van der Waals surface area contributed by atoms with Crippen LogP contribution in [0.4, 0.5) is 0 Å². The molecule has 92 valence electrons. The standard InChI is InChI=1S/C13H19N3S/c1-9-5-6-11(17-9)10-7-14-12(16-10)8-15-13(2,3)4/h5-7,15H,8H2,1-4H3,(H,14,16). The second-order valence-electron chi connectivity index (χ2n) is 5.26. The maximum Gasteiger partial charge on any atom is 0.120 e. The number of aromatic amines is 1. The number of aryl methyl sites for hydroxylation is 1. The first-order chi connectivity index (χ1) is 7.94. The van der Waals surface area contributed by atoms with E-state index in [0.29, 0.717) is 0 Å². The van der Waals surface area contributed by atoms with Gasteiger partial charge in [-0.05, 0) is 39.8 Å². The number of aromatic nitrogens is 2. The predicted molar refractivity (Wildman–Crippen MR) is 73.2 cm³/mol. The molecule has 17 heavy (non-hydrogen) atoms. The Morgan fingerprint density at radius 3 is 2.71 bits per heavy atom. The Kier molecular flexibility index (Phi) is 3.35. The van der Waals surface area contributed by atoms with Gasteiger partial charge >= 0.3 is 0 Å². The molecule has 0 saturated carbocycles. The molecule has 4 heteroatoms. The van der Waals surface area contributed by atoms with E-state index in [9.17, 15) is 0 Å². The molecule has 0 spiro atoms. The van der Waals surface area contributed by atoms with Gasteiger partial charge in [0.25, 0.3) is 0 Å². The van der Waals surface area contributed by atoms with Crippen LogP contribution in [0.25, 0.3) is 10.6 Å². The molecule has 0 saturated heterocycles. The molecule has 2 rings (SSSR count). The van der Waals surface area contributed by atoms with Crippen LogP contribution in [-0.2, 0) is 6.54 Å². The van der Waals surface area contributed by atoms with Crippen LogP contribution >= 0.6 is 11.3 Å². The smallest absolute Gasteiger partial charge is 0.120 e. The van der Waals surface area contributed by atoms with E-state index in [1.165, 1.54) is 9.75 Å². The topological polar surface area (TPSA) is 40.7 Å². The minimum absolute atomic E-state index is 0.118. The third-order valence-electron chi connectivity index (χ3n) is 2.42. The number of H-pyrrole nitrogens is 1. The summed E-state index contributed by atoms with van der Waals surface area (Å²) in [5.41, 5.74) is 1.22. The summed E-state index contributed by atoms with van der Waals surface area (Å²) in [6, 6.07) is 4.27. The molecule has 0 radical (unpaired) electrons. The lowest BCUT2D eigenvalue weighted by Crippen LogP contribution is -2.35. The molecule has 2 N–H and O–H groups in total. The van der Waals surface area contributed by atoms with Crippen molar-refractivity contribution in [2.45, 2.75) is 39.8 Å². The van der Waals surface area contributed by atoms with Crippen LogP contribution in [-0.4, -0.2) is 15.5 Å². The number of hydrogen-bond acceptors (Lipinski definition) is 3. The summed E-state index contributed by atoms with van der Waals surface area (Å²) in [6.45, 7) is 9.35. The first-order valence-electron chi connectivity index (χ1n) is 5.80. The van der Waals surface area contributed by atoms with Crippen molar-refractivity contribution in [2.24, 2.45) is 0 Å². The van der Waals surface area contributed by atoms with Gasteiger partial charge in [0.15, 0.2) is 0 Å². The number of thiophene rings is 1. The molecule has 2 aromatic heterocycles. The van der Waals surface area contributed by atoms with Gasteiger partial charge in [-0.3, -0.25) is 0 Å². The van der Waals surface area contributed by atoms with E-state index in [2.05, 4.69) is 55.1 Å². The molecular weight excluding hydrogens is 230 g/mol. The van der Waals surface area contributed by atoms with Crippen LogP contribution < -0.4 is 5.32 Å². The number of imidazole rings is 1. The summed E-state index contributed by atoms with van der Waals surface area (Å²) in [5, 5.41) is 3.42.